The molecule has 10 nitrogen and oxygen atoms in total. The van der Waals surface area contributed by atoms with E-state index in [1.54, 1.807) is 0 Å². The van der Waals surface area contributed by atoms with Crippen LogP contribution < -0.4 is 10.2 Å². The lowest BCUT2D eigenvalue weighted by Crippen LogP contribution is -2.50. The zero-order chi connectivity index (χ0) is 21.1. The molecule has 2 atom stereocenters. The van der Waals surface area contributed by atoms with Crippen molar-refractivity contribution in [3.05, 3.63) is 14.4 Å². The van der Waals surface area contributed by atoms with Crippen molar-refractivity contribution in [2.24, 2.45) is 0 Å². The summed E-state index contributed by atoms with van der Waals surface area (Å²) in [5.41, 5.74) is 0.799. The van der Waals surface area contributed by atoms with Crippen LogP contribution in [0.4, 0.5) is 10.6 Å². The normalized spacial score (nSPS) is 24.4. The highest BCUT2D eigenvalue weighted by atomic mass is 127. The van der Waals surface area contributed by atoms with Crippen LogP contribution in [0.25, 0.3) is 11.2 Å². The van der Waals surface area contributed by atoms with Crippen LogP contribution in [0, 0.1) is 3.57 Å². The lowest BCUT2D eigenvalue weighted by Gasteiger charge is -2.39. The number of nitrogens with one attached hydrogen (secondary N) is 1. The summed E-state index contributed by atoms with van der Waals surface area (Å²) in [5, 5.41) is 11.6. The summed E-state index contributed by atoms with van der Waals surface area (Å²) in [6, 6.07) is 0.166. The van der Waals surface area contributed by atoms with Crippen molar-refractivity contribution in [1.82, 2.24) is 23.6 Å². The van der Waals surface area contributed by atoms with E-state index in [9.17, 15) is 13.2 Å². The Balaban J connectivity index is 1.78. The summed E-state index contributed by atoms with van der Waals surface area (Å²) in [7, 11) is -0.795. The Bertz CT molecular complexity index is 1080. The molecule has 2 N–H and O–H groups in total. The predicted octanol–water partition coefficient (Wildman–Crippen LogP) is 2.22. The lowest BCUT2D eigenvalue weighted by molar-refractivity contribution is 0.185. The first kappa shape index (κ1) is 21.1. The van der Waals surface area contributed by atoms with Gasteiger partial charge in [-0.05, 0) is 64.2 Å². The van der Waals surface area contributed by atoms with Crippen molar-refractivity contribution in [3.63, 3.8) is 0 Å². The third kappa shape index (κ3) is 3.59. The van der Waals surface area contributed by atoms with Gasteiger partial charge in [-0.2, -0.15) is 12.7 Å². The monoisotopic (exact) mass is 598 g/mol. The SMILES string of the molecule is CN(C)S(=O)(=O)n1cc(I)c2nc(Br)c(N3C4CCC3CC(NC(=O)O)C4)nc21. The number of hydrogen-bond donors (Lipinski definition) is 2. The molecule has 2 bridgehead atoms. The number of hydrogen-bond acceptors (Lipinski definition) is 6. The highest BCUT2D eigenvalue weighted by molar-refractivity contribution is 14.1. The fourth-order valence-corrected chi connectivity index (χ4v) is 6.50. The van der Waals surface area contributed by atoms with E-state index in [0.717, 1.165) is 21.1 Å². The van der Waals surface area contributed by atoms with E-state index in [1.165, 1.54) is 20.3 Å². The number of halogens is 2. The molecular weight excluding hydrogens is 579 g/mol. The number of carboxylic acid groups (broad SMARTS) is 1. The van der Waals surface area contributed by atoms with E-state index in [0.29, 0.717) is 32.3 Å². The average molecular weight is 599 g/mol. The van der Waals surface area contributed by atoms with E-state index in [4.69, 9.17) is 10.1 Å². The Labute approximate surface area is 190 Å². The molecule has 4 heterocycles. The van der Waals surface area contributed by atoms with Crippen molar-refractivity contribution < 1.29 is 18.3 Å². The highest BCUT2D eigenvalue weighted by Gasteiger charge is 2.43. The van der Waals surface area contributed by atoms with Crippen molar-refractivity contribution in [2.45, 2.75) is 43.8 Å². The van der Waals surface area contributed by atoms with Gasteiger partial charge < -0.3 is 15.3 Å². The van der Waals surface area contributed by atoms with Crippen LogP contribution in [-0.2, 0) is 10.2 Å². The number of anilines is 1. The number of fused-ring (bicyclic) bond motifs is 3. The van der Waals surface area contributed by atoms with Crippen LogP contribution in [0.1, 0.15) is 25.7 Å². The minimum Gasteiger partial charge on any atom is -0.465 e. The molecule has 2 aromatic rings. The molecule has 13 heteroatoms. The van der Waals surface area contributed by atoms with Crippen molar-refractivity contribution in [1.29, 1.82) is 0 Å². The van der Waals surface area contributed by atoms with Crippen molar-refractivity contribution >= 4 is 71.8 Å². The van der Waals surface area contributed by atoms with Crippen LogP contribution in [0.15, 0.2) is 10.8 Å². The quantitative estimate of drug-likeness (QED) is 0.518. The molecule has 2 saturated heterocycles. The fourth-order valence-electron chi connectivity index (χ4n) is 4.27. The second kappa shape index (κ2) is 7.50. The number of amides is 1. The van der Waals surface area contributed by atoms with Gasteiger partial charge in [0, 0.05) is 38.4 Å². The van der Waals surface area contributed by atoms with Gasteiger partial charge in [0.05, 0.1) is 3.57 Å². The summed E-state index contributed by atoms with van der Waals surface area (Å²) in [6.45, 7) is 0. The van der Waals surface area contributed by atoms with Gasteiger partial charge in [-0.25, -0.2) is 18.7 Å². The number of rotatable bonds is 4. The Morgan fingerprint density at radius 1 is 1.31 bits per heavy atom. The smallest absolute Gasteiger partial charge is 0.404 e. The van der Waals surface area contributed by atoms with Crippen LogP contribution in [0.3, 0.4) is 0 Å². The summed E-state index contributed by atoms with van der Waals surface area (Å²) in [6.07, 6.45) is 3.75. The Morgan fingerprint density at radius 3 is 2.48 bits per heavy atom. The van der Waals surface area contributed by atoms with Gasteiger partial charge in [-0.3, -0.25) is 0 Å². The zero-order valence-corrected chi connectivity index (χ0v) is 20.3. The van der Waals surface area contributed by atoms with Crippen LogP contribution in [0.2, 0.25) is 0 Å². The highest BCUT2D eigenvalue weighted by Crippen LogP contribution is 2.41. The molecule has 0 radical (unpaired) electrons. The third-order valence-electron chi connectivity index (χ3n) is 5.50. The van der Waals surface area contributed by atoms with Gasteiger partial charge >= 0.3 is 16.3 Å². The van der Waals surface area contributed by atoms with Gasteiger partial charge in [0.25, 0.3) is 0 Å². The first-order valence-corrected chi connectivity index (χ1v) is 12.3. The van der Waals surface area contributed by atoms with Crippen LogP contribution >= 0.6 is 38.5 Å². The largest absolute Gasteiger partial charge is 0.465 e. The molecule has 2 unspecified atom stereocenters. The van der Waals surface area contributed by atoms with Gasteiger partial charge in [-0.1, -0.05) is 0 Å². The standard InChI is InChI=1S/C16H20BrIN6O4S/c1-22(2)29(27,28)23-7-11(18)12-14(23)21-15(13(17)20-12)24-9-3-4-10(24)6-8(5-9)19-16(25)26/h7-10,19H,3-6H2,1-2H3,(H,25,26). The Morgan fingerprint density at radius 2 is 1.93 bits per heavy atom. The second-order valence-electron chi connectivity index (χ2n) is 7.48. The fraction of sp³-hybridized carbons (Fsp3) is 0.562. The average Bonchev–Trinajstić information content (AvgIpc) is 3.08. The summed E-state index contributed by atoms with van der Waals surface area (Å²) >= 11 is 5.57. The number of nitrogens with zero attached hydrogens (tertiary/aromatic N) is 5. The molecule has 4 rings (SSSR count). The van der Waals surface area contributed by atoms with Gasteiger partial charge in [0.2, 0.25) is 0 Å². The molecular formula is C16H20BrIN6O4S. The summed E-state index contributed by atoms with van der Waals surface area (Å²) in [5.74, 6) is 0.600. The van der Waals surface area contributed by atoms with Crippen LogP contribution in [0.5, 0.6) is 0 Å². The first-order chi connectivity index (χ1) is 13.6. The molecule has 0 spiro atoms. The van der Waals surface area contributed by atoms with Gasteiger partial charge in [0.15, 0.2) is 11.5 Å². The molecule has 0 aromatic carbocycles. The lowest BCUT2D eigenvalue weighted by atomic mass is 9.97. The molecule has 2 aliphatic rings. The topological polar surface area (TPSA) is 121 Å². The second-order valence-corrected chi connectivity index (χ2v) is 11.4. The molecule has 2 aromatic heterocycles. The summed E-state index contributed by atoms with van der Waals surface area (Å²) < 4.78 is 29.0. The number of piperidine rings is 1. The van der Waals surface area contributed by atoms with Crippen molar-refractivity contribution in [3.8, 4) is 0 Å². The maximum absolute atomic E-state index is 12.7. The Hall–Kier alpha value is -1.19. The van der Waals surface area contributed by atoms with E-state index in [2.05, 4.69) is 53.7 Å². The molecule has 1 amide bonds. The summed E-state index contributed by atoms with van der Waals surface area (Å²) in [4.78, 5) is 22.5. The minimum atomic E-state index is -3.74. The Kier molecular flexibility index (Phi) is 5.44. The molecule has 0 saturated carbocycles. The molecule has 158 valence electrons. The first-order valence-electron chi connectivity index (χ1n) is 9.04. The maximum Gasteiger partial charge on any atom is 0.404 e. The van der Waals surface area contributed by atoms with Gasteiger partial charge in [-0.15, -0.1) is 0 Å². The minimum absolute atomic E-state index is 0.0874. The molecule has 29 heavy (non-hydrogen) atoms. The van der Waals surface area contributed by atoms with E-state index in [-0.39, 0.29) is 23.8 Å². The third-order valence-corrected chi connectivity index (χ3v) is 8.52. The number of aromatic nitrogens is 3. The zero-order valence-electron chi connectivity index (χ0n) is 15.7. The van der Waals surface area contributed by atoms with E-state index in [1.807, 2.05) is 0 Å². The maximum atomic E-state index is 12.7. The molecule has 0 aliphatic carbocycles. The molecule has 2 aliphatic heterocycles. The molecule has 2 fully saturated rings. The van der Waals surface area contributed by atoms with Crippen LogP contribution in [-0.4, -0.2) is 70.1 Å². The predicted molar refractivity (Wildman–Crippen MR) is 119 cm³/mol. The van der Waals surface area contributed by atoms with E-state index < -0.39 is 16.3 Å². The number of carbonyl (C=O) groups is 1. The van der Waals surface area contributed by atoms with Gasteiger partial charge in [0.1, 0.15) is 10.1 Å². The van der Waals surface area contributed by atoms with Crippen molar-refractivity contribution in [2.75, 3.05) is 19.0 Å². The van der Waals surface area contributed by atoms with E-state index >= 15 is 0 Å².